The number of aromatic amines is 1. The first kappa shape index (κ1) is 17.1. The smallest absolute Gasteiger partial charge is 0.272 e. The van der Waals surface area contributed by atoms with Gasteiger partial charge in [0.2, 0.25) is 0 Å². The number of hydrogen-bond donors (Lipinski definition) is 2. The van der Waals surface area contributed by atoms with Crippen molar-refractivity contribution in [2.45, 2.75) is 13.8 Å². The van der Waals surface area contributed by atoms with Gasteiger partial charge in [-0.25, -0.2) is 5.43 Å². The molecule has 2 N–H and O–H groups in total. The van der Waals surface area contributed by atoms with Gasteiger partial charge in [-0.05, 0) is 43.2 Å². The summed E-state index contributed by atoms with van der Waals surface area (Å²) in [6, 6.07) is 15.4. The van der Waals surface area contributed by atoms with Crippen molar-refractivity contribution in [2.75, 3.05) is 0 Å². The normalized spacial score (nSPS) is 11.0. The molecule has 1 aromatic heterocycles. The maximum Gasteiger partial charge on any atom is 0.289 e. The zero-order valence-corrected chi connectivity index (χ0v) is 15.5. The molecular formula is C19H17BrN4O. The highest BCUT2D eigenvalue weighted by atomic mass is 79.9. The van der Waals surface area contributed by atoms with Gasteiger partial charge >= 0.3 is 0 Å². The SMILES string of the molecule is Cc1ccc(-c2cc(C(=O)N/N=C/c3ccccc3Br)[nH]n2)cc1C. The third-order valence-corrected chi connectivity index (χ3v) is 4.62. The molecule has 3 rings (SSSR count). The van der Waals surface area contributed by atoms with Crippen molar-refractivity contribution in [3.05, 3.63) is 75.4 Å². The number of aromatic nitrogens is 2. The van der Waals surface area contributed by atoms with Gasteiger partial charge in [0.1, 0.15) is 5.69 Å². The summed E-state index contributed by atoms with van der Waals surface area (Å²) >= 11 is 3.43. The number of nitrogens with zero attached hydrogens (tertiary/aromatic N) is 2. The van der Waals surface area contributed by atoms with Gasteiger partial charge in [0.25, 0.3) is 5.91 Å². The van der Waals surface area contributed by atoms with Crippen molar-refractivity contribution in [1.82, 2.24) is 15.6 Å². The number of rotatable bonds is 4. The second-order valence-electron chi connectivity index (χ2n) is 5.69. The summed E-state index contributed by atoms with van der Waals surface area (Å²) in [4.78, 5) is 12.2. The molecule has 0 aliphatic heterocycles. The van der Waals surface area contributed by atoms with Gasteiger partial charge in [0.05, 0.1) is 11.9 Å². The maximum atomic E-state index is 12.2. The number of nitrogens with one attached hydrogen (secondary N) is 2. The minimum atomic E-state index is -0.342. The number of halogens is 1. The van der Waals surface area contributed by atoms with E-state index in [9.17, 15) is 4.79 Å². The highest BCUT2D eigenvalue weighted by Crippen LogP contribution is 2.21. The average Bonchev–Trinajstić information content (AvgIpc) is 3.09. The predicted molar refractivity (Wildman–Crippen MR) is 103 cm³/mol. The molecule has 5 nitrogen and oxygen atoms in total. The van der Waals surface area contributed by atoms with Gasteiger partial charge in [-0.2, -0.15) is 10.2 Å². The molecule has 3 aromatic rings. The van der Waals surface area contributed by atoms with E-state index in [0.29, 0.717) is 5.69 Å². The molecule has 2 aromatic carbocycles. The van der Waals surface area contributed by atoms with Crippen molar-refractivity contribution < 1.29 is 4.79 Å². The molecule has 0 aliphatic rings. The standard InChI is InChI=1S/C19H17BrN4O/c1-12-7-8-14(9-13(12)2)17-10-18(23-22-17)19(25)24-21-11-15-5-3-4-6-16(15)20/h3-11H,1-2H3,(H,22,23)(H,24,25)/b21-11+. The van der Waals surface area contributed by atoms with Crippen LogP contribution in [0.15, 0.2) is 58.1 Å². The monoisotopic (exact) mass is 396 g/mol. The largest absolute Gasteiger partial charge is 0.289 e. The molecule has 6 heteroatoms. The van der Waals surface area contributed by atoms with E-state index in [-0.39, 0.29) is 5.91 Å². The number of carbonyl (C=O) groups is 1. The minimum Gasteiger partial charge on any atom is -0.272 e. The third kappa shape index (κ3) is 4.03. The summed E-state index contributed by atoms with van der Waals surface area (Å²) < 4.78 is 0.909. The van der Waals surface area contributed by atoms with Crippen molar-refractivity contribution >= 4 is 28.1 Å². The first-order chi connectivity index (χ1) is 12.0. The van der Waals surface area contributed by atoms with Crippen molar-refractivity contribution in [2.24, 2.45) is 5.10 Å². The molecule has 0 bridgehead atoms. The quantitative estimate of drug-likeness (QED) is 0.511. The molecule has 0 unspecified atom stereocenters. The maximum absolute atomic E-state index is 12.2. The number of amides is 1. The van der Waals surface area contributed by atoms with Crippen LogP contribution in [-0.2, 0) is 0 Å². The highest BCUT2D eigenvalue weighted by molar-refractivity contribution is 9.10. The zero-order chi connectivity index (χ0) is 17.8. The molecule has 1 heterocycles. The Hall–Kier alpha value is -2.73. The van der Waals surface area contributed by atoms with Crippen LogP contribution in [-0.4, -0.2) is 22.3 Å². The van der Waals surface area contributed by atoms with E-state index in [0.717, 1.165) is 21.3 Å². The van der Waals surface area contributed by atoms with Crippen LogP contribution in [0.25, 0.3) is 11.3 Å². The van der Waals surface area contributed by atoms with E-state index >= 15 is 0 Å². The Balaban J connectivity index is 1.70. The lowest BCUT2D eigenvalue weighted by Crippen LogP contribution is -2.18. The van der Waals surface area contributed by atoms with Crippen molar-refractivity contribution in [3.8, 4) is 11.3 Å². The second kappa shape index (κ2) is 7.44. The van der Waals surface area contributed by atoms with E-state index in [1.54, 1.807) is 12.3 Å². The summed E-state index contributed by atoms with van der Waals surface area (Å²) in [5, 5.41) is 11.0. The van der Waals surface area contributed by atoms with Crippen LogP contribution in [0.2, 0.25) is 0 Å². The van der Waals surface area contributed by atoms with Gasteiger partial charge < -0.3 is 0 Å². The highest BCUT2D eigenvalue weighted by Gasteiger charge is 2.11. The summed E-state index contributed by atoms with van der Waals surface area (Å²) in [5.74, 6) is -0.342. The van der Waals surface area contributed by atoms with Gasteiger partial charge in [0, 0.05) is 15.6 Å². The molecular weight excluding hydrogens is 380 g/mol. The lowest BCUT2D eigenvalue weighted by Gasteiger charge is -2.01. The zero-order valence-electron chi connectivity index (χ0n) is 13.9. The number of carbonyl (C=O) groups excluding carboxylic acids is 1. The fraction of sp³-hybridized carbons (Fsp3) is 0.105. The third-order valence-electron chi connectivity index (χ3n) is 3.90. The Labute approximate surface area is 154 Å². The first-order valence-electron chi connectivity index (χ1n) is 7.75. The molecule has 0 atom stereocenters. The summed E-state index contributed by atoms with van der Waals surface area (Å²) in [7, 11) is 0. The van der Waals surface area contributed by atoms with Gasteiger partial charge in [-0.1, -0.05) is 46.3 Å². The van der Waals surface area contributed by atoms with E-state index in [1.807, 2.05) is 36.4 Å². The Bertz CT molecular complexity index is 946. The Morgan fingerprint density at radius 2 is 1.96 bits per heavy atom. The topological polar surface area (TPSA) is 70.1 Å². The van der Waals surface area contributed by atoms with Crippen LogP contribution < -0.4 is 5.43 Å². The van der Waals surface area contributed by atoms with Crippen molar-refractivity contribution in [3.63, 3.8) is 0 Å². The van der Waals surface area contributed by atoms with Crippen LogP contribution in [0.3, 0.4) is 0 Å². The number of benzene rings is 2. The fourth-order valence-corrected chi connectivity index (χ4v) is 2.67. The molecule has 126 valence electrons. The molecule has 0 spiro atoms. The molecule has 0 radical (unpaired) electrons. The minimum absolute atomic E-state index is 0.342. The van der Waals surface area contributed by atoms with Crippen LogP contribution >= 0.6 is 15.9 Å². The first-order valence-corrected chi connectivity index (χ1v) is 8.55. The predicted octanol–water partition coefficient (Wildman–Crippen LogP) is 4.22. The van der Waals surface area contributed by atoms with E-state index in [1.165, 1.54) is 11.1 Å². The molecule has 0 fully saturated rings. The van der Waals surface area contributed by atoms with E-state index in [4.69, 9.17) is 0 Å². The number of hydrazone groups is 1. The molecule has 25 heavy (non-hydrogen) atoms. The lowest BCUT2D eigenvalue weighted by atomic mass is 10.0. The second-order valence-corrected chi connectivity index (χ2v) is 6.54. The number of aryl methyl sites for hydroxylation is 2. The molecule has 0 aliphatic carbocycles. The van der Waals surface area contributed by atoms with E-state index in [2.05, 4.69) is 56.6 Å². The summed E-state index contributed by atoms with van der Waals surface area (Å²) in [6.45, 7) is 4.11. The van der Waals surface area contributed by atoms with Crippen LogP contribution in [0.1, 0.15) is 27.2 Å². The van der Waals surface area contributed by atoms with Crippen LogP contribution in [0, 0.1) is 13.8 Å². The Morgan fingerprint density at radius 3 is 2.72 bits per heavy atom. The Morgan fingerprint density at radius 1 is 1.16 bits per heavy atom. The number of hydrogen-bond acceptors (Lipinski definition) is 3. The summed E-state index contributed by atoms with van der Waals surface area (Å²) in [6.07, 6.45) is 1.59. The van der Waals surface area contributed by atoms with Gasteiger partial charge in [-0.15, -0.1) is 0 Å². The van der Waals surface area contributed by atoms with Gasteiger partial charge in [-0.3, -0.25) is 9.89 Å². The van der Waals surface area contributed by atoms with Crippen LogP contribution in [0.4, 0.5) is 0 Å². The van der Waals surface area contributed by atoms with Crippen molar-refractivity contribution in [1.29, 1.82) is 0 Å². The fourth-order valence-electron chi connectivity index (χ4n) is 2.29. The molecule has 0 saturated heterocycles. The van der Waals surface area contributed by atoms with Gasteiger partial charge in [0.15, 0.2) is 0 Å². The average molecular weight is 397 g/mol. The lowest BCUT2D eigenvalue weighted by molar-refractivity contribution is 0.0950. The Kier molecular flexibility index (Phi) is 5.09. The number of H-pyrrole nitrogens is 1. The van der Waals surface area contributed by atoms with Crippen LogP contribution in [0.5, 0.6) is 0 Å². The summed E-state index contributed by atoms with van der Waals surface area (Å²) in [5.41, 5.74) is 7.83. The van der Waals surface area contributed by atoms with E-state index < -0.39 is 0 Å². The molecule has 0 saturated carbocycles. The molecule has 1 amide bonds.